The molecule has 0 radical (unpaired) electrons. The smallest absolute Gasteiger partial charge is 0.303 e. The highest BCUT2D eigenvalue weighted by molar-refractivity contribution is 5.80. The van der Waals surface area contributed by atoms with Crippen LogP contribution in [-0.4, -0.2) is 27.9 Å². The Bertz CT molecular complexity index is 454. The highest BCUT2D eigenvalue weighted by Crippen LogP contribution is 2.12. The van der Waals surface area contributed by atoms with E-state index in [0.717, 1.165) is 11.1 Å². The maximum absolute atomic E-state index is 12.0. The van der Waals surface area contributed by atoms with Crippen molar-refractivity contribution >= 4 is 11.9 Å². The third-order valence-corrected chi connectivity index (χ3v) is 2.93. The van der Waals surface area contributed by atoms with E-state index < -0.39 is 5.97 Å². The van der Waals surface area contributed by atoms with Crippen molar-refractivity contribution in [2.45, 2.75) is 46.2 Å². The fourth-order valence-electron chi connectivity index (χ4n) is 1.92. The van der Waals surface area contributed by atoms with Gasteiger partial charge >= 0.3 is 5.97 Å². The van der Waals surface area contributed by atoms with Gasteiger partial charge in [-0.1, -0.05) is 29.8 Å². The second-order valence-electron chi connectivity index (χ2n) is 5.00. The van der Waals surface area contributed by atoms with Crippen molar-refractivity contribution in [1.82, 2.24) is 4.90 Å². The summed E-state index contributed by atoms with van der Waals surface area (Å²) in [5.74, 6) is -1.05. The zero-order valence-corrected chi connectivity index (χ0v) is 11.7. The van der Waals surface area contributed by atoms with Gasteiger partial charge in [0.2, 0.25) is 5.91 Å². The number of carbonyl (C=O) groups is 2. The van der Waals surface area contributed by atoms with Gasteiger partial charge < -0.3 is 10.0 Å². The van der Waals surface area contributed by atoms with Gasteiger partial charge in [0.1, 0.15) is 0 Å². The number of benzene rings is 1. The van der Waals surface area contributed by atoms with E-state index in [1.807, 2.05) is 45.0 Å². The van der Waals surface area contributed by atoms with E-state index in [9.17, 15) is 9.59 Å². The molecule has 0 saturated heterocycles. The van der Waals surface area contributed by atoms with Gasteiger partial charge in [-0.25, -0.2) is 0 Å². The molecule has 0 atom stereocenters. The summed E-state index contributed by atoms with van der Waals surface area (Å²) in [6.45, 7) is 6.41. The molecular weight excluding hydrogens is 242 g/mol. The molecule has 1 N–H and O–H groups in total. The van der Waals surface area contributed by atoms with Crippen LogP contribution in [0.3, 0.4) is 0 Å². The van der Waals surface area contributed by atoms with Crippen molar-refractivity contribution in [3.8, 4) is 0 Å². The van der Waals surface area contributed by atoms with Gasteiger partial charge in [-0.15, -0.1) is 0 Å². The first-order valence-corrected chi connectivity index (χ1v) is 6.47. The van der Waals surface area contributed by atoms with Crippen molar-refractivity contribution in [3.63, 3.8) is 0 Å². The van der Waals surface area contributed by atoms with Crippen LogP contribution in [-0.2, 0) is 16.1 Å². The van der Waals surface area contributed by atoms with Gasteiger partial charge in [-0.05, 0) is 26.3 Å². The van der Waals surface area contributed by atoms with Gasteiger partial charge in [-0.2, -0.15) is 0 Å². The number of amides is 1. The van der Waals surface area contributed by atoms with Crippen molar-refractivity contribution < 1.29 is 14.7 Å². The topological polar surface area (TPSA) is 57.6 Å². The lowest BCUT2D eigenvalue weighted by Crippen LogP contribution is -2.36. The molecule has 104 valence electrons. The van der Waals surface area contributed by atoms with E-state index in [-0.39, 0.29) is 24.8 Å². The molecule has 0 aromatic heterocycles. The Labute approximate surface area is 114 Å². The average Bonchev–Trinajstić information content (AvgIpc) is 2.32. The number of aryl methyl sites for hydroxylation is 1. The van der Waals surface area contributed by atoms with Crippen LogP contribution in [0.2, 0.25) is 0 Å². The van der Waals surface area contributed by atoms with Crippen LogP contribution >= 0.6 is 0 Å². The van der Waals surface area contributed by atoms with E-state index in [2.05, 4.69) is 0 Å². The van der Waals surface area contributed by atoms with E-state index in [1.165, 1.54) is 0 Å². The van der Waals surface area contributed by atoms with Crippen LogP contribution in [0.25, 0.3) is 0 Å². The summed E-state index contributed by atoms with van der Waals surface area (Å²) >= 11 is 0. The van der Waals surface area contributed by atoms with Crippen LogP contribution < -0.4 is 0 Å². The molecule has 0 aliphatic carbocycles. The average molecular weight is 263 g/mol. The van der Waals surface area contributed by atoms with Crippen LogP contribution in [0.5, 0.6) is 0 Å². The highest BCUT2D eigenvalue weighted by Gasteiger charge is 2.18. The summed E-state index contributed by atoms with van der Waals surface area (Å²) in [5.41, 5.74) is 2.22. The quantitative estimate of drug-likeness (QED) is 0.858. The number of nitrogens with zero attached hydrogens (tertiary/aromatic N) is 1. The second kappa shape index (κ2) is 6.92. The molecule has 1 aromatic carbocycles. The number of carboxylic acid groups (broad SMARTS) is 1. The zero-order valence-electron chi connectivity index (χ0n) is 11.7. The molecule has 4 heteroatoms. The summed E-state index contributed by atoms with van der Waals surface area (Å²) in [7, 11) is 0. The minimum absolute atomic E-state index is 0.0549. The first kappa shape index (κ1) is 15.2. The molecule has 4 nitrogen and oxygen atoms in total. The number of carbonyl (C=O) groups excluding carboxylic acids is 1. The molecule has 0 unspecified atom stereocenters. The monoisotopic (exact) mass is 263 g/mol. The number of hydrogen-bond acceptors (Lipinski definition) is 2. The first-order valence-electron chi connectivity index (χ1n) is 6.47. The Kier molecular flexibility index (Phi) is 5.55. The van der Waals surface area contributed by atoms with E-state index in [0.29, 0.717) is 6.54 Å². The Morgan fingerprint density at radius 2 is 1.95 bits per heavy atom. The molecule has 0 heterocycles. The van der Waals surface area contributed by atoms with Gasteiger partial charge in [-0.3, -0.25) is 9.59 Å². The summed E-state index contributed by atoms with van der Waals surface area (Å²) in [6, 6.07) is 8.05. The van der Waals surface area contributed by atoms with Gasteiger partial charge in [0, 0.05) is 19.0 Å². The fraction of sp³-hybridized carbons (Fsp3) is 0.467. The number of rotatable bonds is 6. The van der Waals surface area contributed by atoms with Crippen molar-refractivity contribution in [2.75, 3.05) is 0 Å². The highest BCUT2D eigenvalue weighted by atomic mass is 16.4. The lowest BCUT2D eigenvalue weighted by atomic mass is 10.1. The van der Waals surface area contributed by atoms with Crippen molar-refractivity contribution in [3.05, 3.63) is 35.4 Å². The predicted octanol–water partition coefficient (Wildman–Crippen LogP) is 2.60. The van der Waals surface area contributed by atoms with Crippen LogP contribution in [0.4, 0.5) is 0 Å². The molecule has 19 heavy (non-hydrogen) atoms. The Hall–Kier alpha value is -1.84. The van der Waals surface area contributed by atoms with E-state index in [1.54, 1.807) is 4.90 Å². The Morgan fingerprint density at radius 1 is 1.26 bits per heavy atom. The summed E-state index contributed by atoms with van der Waals surface area (Å²) in [6.07, 6.45) is -0.0603. The standard InChI is InChI=1S/C15H21NO3/c1-11(2)16(14(17)7-8-15(18)19)10-13-6-4-5-12(3)9-13/h4-6,9,11H,7-8,10H2,1-3H3,(H,18,19). The van der Waals surface area contributed by atoms with Crippen LogP contribution in [0, 0.1) is 6.92 Å². The molecule has 1 rings (SSSR count). The van der Waals surface area contributed by atoms with Crippen molar-refractivity contribution in [1.29, 1.82) is 0 Å². The van der Waals surface area contributed by atoms with Crippen molar-refractivity contribution in [2.24, 2.45) is 0 Å². The van der Waals surface area contributed by atoms with Crippen LogP contribution in [0.1, 0.15) is 37.8 Å². The largest absolute Gasteiger partial charge is 0.481 e. The Balaban J connectivity index is 2.72. The lowest BCUT2D eigenvalue weighted by molar-refractivity contribution is -0.141. The van der Waals surface area contributed by atoms with Gasteiger partial charge in [0.15, 0.2) is 0 Å². The predicted molar refractivity (Wildman–Crippen MR) is 73.7 cm³/mol. The summed E-state index contributed by atoms with van der Waals surface area (Å²) in [5, 5.41) is 8.64. The first-order chi connectivity index (χ1) is 8.90. The molecule has 0 fully saturated rings. The zero-order chi connectivity index (χ0) is 14.4. The SMILES string of the molecule is Cc1cccc(CN(C(=O)CCC(=O)O)C(C)C)c1. The third-order valence-electron chi connectivity index (χ3n) is 2.93. The van der Waals surface area contributed by atoms with E-state index in [4.69, 9.17) is 5.11 Å². The minimum atomic E-state index is -0.937. The maximum atomic E-state index is 12.0. The second-order valence-corrected chi connectivity index (χ2v) is 5.00. The van der Waals surface area contributed by atoms with Gasteiger partial charge in [0.25, 0.3) is 0 Å². The minimum Gasteiger partial charge on any atom is -0.481 e. The molecule has 0 saturated carbocycles. The molecule has 0 aliphatic heterocycles. The third kappa shape index (κ3) is 5.12. The Morgan fingerprint density at radius 3 is 2.47 bits per heavy atom. The fourth-order valence-corrected chi connectivity index (χ4v) is 1.92. The van der Waals surface area contributed by atoms with E-state index >= 15 is 0 Å². The lowest BCUT2D eigenvalue weighted by Gasteiger charge is -2.27. The number of hydrogen-bond donors (Lipinski definition) is 1. The molecule has 0 bridgehead atoms. The maximum Gasteiger partial charge on any atom is 0.303 e. The van der Waals surface area contributed by atoms with Crippen LogP contribution in [0.15, 0.2) is 24.3 Å². The number of aliphatic carboxylic acids is 1. The number of carboxylic acids is 1. The molecule has 0 spiro atoms. The molecule has 1 aromatic rings. The molecule has 1 amide bonds. The summed E-state index contributed by atoms with van der Waals surface area (Å²) < 4.78 is 0. The molecule has 0 aliphatic rings. The van der Waals surface area contributed by atoms with Gasteiger partial charge in [0.05, 0.1) is 6.42 Å². The summed E-state index contributed by atoms with van der Waals surface area (Å²) in [4.78, 5) is 24.3. The normalized spacial score (nSPS) is 10.5. The molecular formula is C15H21NO3.